The first-order chi connectivity index (χ1) is 26.2. The van der Waals surface area contributed by atoms with Crippen LogP contribution in [0.15, 0.2) is 192 Å². The van der Waals surface area contributed by atoms with E-state index in [2.05, 4.69) is 170 Å². The number of rotatable bonds is 6. The molecule has 0 spiro atoms. The molecule has 8 aromatic carbocycles. The number of aromatic nitrogens is 3. The number of hydrogen-bond acceptors (Lipinski definition) is 4. The molecule has 0 unspecified atom stereocenters. The van der Waals surface area contributed by atoms with Crippen molar-refractivity contribution in [2.75, 3.05) is 0 Å². The molecule has 0 fully saturated rings. The van der Waals surface area contributed by atoms with Crippen molar-refractivity contribution in [1.82, 2.24) is 15.0 Å². The molecular weight excluding hydrogens is 647 g/mol. The number of benzene rings is 8. The Bertz CT molecular complexity index is 2920. The molecule has 0 aliphatic heterocycles. The number of furan rings is 1. The molecule has 0 radical (unpaired) electrons. The van der Waals surface area contributed by atoms with Gasteiger partial charge in [0.1, 0.15) is 11.2 Å². The van der Waals surface area contributed by atoms with Crippen LogP contribution in [0.2, 0.25) is 0 Å². The van der Waals surface area contributed by atoms with Gasteiger partial charge in [-0.25, -0.2) is 15.0 Å². The summed E-state index contributed by atoms with van der Waals surface area (Å²) in [5.74, 6) is 1.84. The van der Waals surface area contributed by atoms with Gasteiger partial charge in [-0.05, 0) is 63.0 Å². The van der Waals surface area contributed by atoms with Crippen molar-refractivity contribution in [3.05, 3.63) is 188 Å². The lowest BCUT2D eigenvalue weighted by Crippen LogP contribution is -2.01. The summed E-state index contributed by atoms with van der Waals surface area (Å²) in [7, 11) is 0. The van der Waals surface area contributed by atoms with E-state index in [-0.39, 0.29) is 0 Å². The largest absolute Gasteiger partial charge is 0.455 e. The molecule has 10 aromatic rings. The molecule has 4 heteroatoms. The van der Waals surface area contributed by atoms with Crippen molar-refractivity contribution >= 4 is 32.7 Å². The van der Waals surface area contributed by atoms with Crippen molar-refractivity contribution in [3.63, 3.8) is 0 Å². The van der Waals surface area contributed by atoms with Crippen LogP contribution in [0.1, 0.15) is 0 Å². The summed E-state index contributed by atoms with van der Waals surface area (Å²) in [6.07, 6.45) is 0. The van der Waals surface area contributed by atoms with Crippen LogP contribution in [0.25, 0.3) is 100 Å². The van der Waals surface area contributed by atoms with Crippen LogP contribution in [0, 0.1) is 0 Å². The first kappa shape index (κ1) is 30.6. The minimum absolute atomic E-state index is 0.607. The van der Waals surface area contributed by atoms with Gasteiger partial charge < -0.3 is 4.42 Å². The molecule has 0 saturated carbocycles. The molecule has 0 atom stereocenters. The normalized spacial score (nSPS) is 11.4. The third kappa shape index (κ3) is 5.63. The van der Waals surface area contributed by atoms with Crippen molar-refractivity contribution < 1.29 is 4.42 Å². The maximum absolute atomic E-state index is 6.65. The fourth-order valence-electron chi connectivity index (χ4n) is 7.26. The topological polar surface area (TPSA) is 51.8 Å². The summed E-state index contributed by atoms with van der Waals surface area (Å²) < 4.78 is 6.65. The van der Waals surface area contributed by atoms with Crippen molar-refractivity contribution in [1.29, 1.82) is 0 Å². The third-order valence-corrected chi connectivity index (χ3v) is 9.94. The maximum Gasteiger partial charge on any atom is 0.164 e. The summed E-state index contributed by atoms with van der Waals surface area (Å²) >= 11 is 0. The molecule has 4 nitrogen and oxygen atoms in total. The summed E-state index contributed by atoms with van der Waals surface area (Å²) in [5, 5.41) is 4.10. The molecule has 53 heavy (non-hydrogen) atoms. The van der Waals surface area contributed by atoms with Gasteiger partial charge in [0, 0.05) is 32.8 Å². The molecule has 2 heterocycles. The Hall–Kier alpha value is -7.17. The van der Waals surface area contributed by atoms with Crippen LogP contribution in [-0.2, 0) is 0 Å². The van der Waals surface area contributed by atoms with Crippen LogP contribution in [-0.4, -0.2) is 15.0 Å². The second-order valence-corrected chi connectivity index (χ2v) is 13.2. The quantitative estimate of drug-likeness (QED) is 0.176. The van der Waals surface area contributed by atoms with E-state index < -0.39 is 0 Å². The summed E-state index contributed by atoms with van der Waals surface area (Å²) in [6.45, 7) is 0. The summed E-state index contributed by atoms with van der Waals surface area (Å²) in [6, 6.07) is 65.1. The predicted octanol–water partition coefficient (Wildman–Crippen LogP) is 12.9. The van der Waals surface area contributed by atoms with Crippen molar-refractivity contribution in [2.24, 2.45) is 0 Å². The number of hydrogen-bond donors (Lipinski definition) is 0. The zero-order chi connectivity index (χ0) is 35.1. The lowest BCUT2D eigenvalue weighted by atomic mass is 9.98. The molecule has 0 saturated heterocycles. The zero-order valence-electron chi connectivity index (χ0n) is 28.6. The highest BCUT2D eigenvalue weighted by atomic mass is 16.3. The van der Waals surface area contributed by atoms with E-state index >= 15 is 0 Å². The summed E-state index contributed by atoms with van der Waals surface area (Å²) in [5.41, 5.74) is 11.3. The van der Waals surface area contributed by atoms with E-state index in [1.807, 2.05) is 18.2 Å². The molecule has 0 N–H and O–H groups in total. The van der Waals surface area contributed by atoms with E-state index in [1.54, 1.807) is 0 Å². The number of fused-ring (bicyclic) bond motifs is 5. The molecule has 0 aliphatic carbocycles. The second-order valence-electron chi connectivity index (χ2n) is 13.2. The highest BCUT2D eigenvalue weighted by molar-refractivity contribution is 6.19. The van der Waals surface area contributed by atoms with E-state index in [9.17, 15) is 0 Å². The van der Waals surface area contributed by atoms with Crippen LogP contribution in [0.4, 0.5) is 0 Å². The first-order valence-corrected chi connectivity index (χ1v) is 17.8. The molecule has 10 rings (SSSR count). The van der Waals surface area contributed by atoms with Crippen LogP contribution in [0.3, 0.4) is 0 Å². The lowest BCUT2D eigenvalue weighted by Gasteiger charge is -2.12. The Labute approximate surface area is 306 Å². The molecule has 0 bridgehead atoms. The first-order valence-electron chi connectivity index (χ1n) is 17.8. The fourth-order valence-corrected chi connectivity index (χ4v) is 7.26. The molecule has 2 aromatic heterocycles. The molecule has 0 aliphatic rings. The van der Waals surface area contributed by atoms with Gasteiger partial charge in [-0.2, -0.15) is 0 Å². The summed E-state index contributed by atoms with van der Waals surface area (Å²) in [4.78, 5) is 15.5. The smallest absolute Gasteiger partial charge is 0.164 e. The highest BCUT2D eigenvalue weighted by Gasteiger charge is 2.19. The number of nitrogens with zero attached hydrogens (tertiary/aromatic N) is 3. The minimum atomic E-state index is 0.607. The SMILES string of the molecule is c1ccc(-c2ccc(-c3nc(-c4cccc(-c5ccccc5)c4)nc(-c4cc5c6ccc(-c7ccccc7)cc6oc5c5ccccc45)n3)cc2)cc1. The van der Waals surface area contributed by atoms with Gasteiger partial charge in [0.25, 0.3) is 0 Å². The van der Waals surface area contributed by atoms with Gasteiger partial charge in [0.05, 0.1) is 0 Å². The van der Waals surface area contributed by atoms with Crippen molar-refractivity contribution in [2.45, 2.75) is 0 Å². The molecule has 248 valence electrons. The monoisotopic (exact) mass is 677 g/mol. The highest BCUT2D eigenvalue weighted by Crippen LogP contribution is 2.41. The Morgan fingerprint density at radius 2 is 0.755 bits per heavy atom. The van der Waals surface area contributed by atoms with E-state index in [1.165, 1.54) is 0 Å². The van der Waals surface area contributed by atoms with Crippen molar-refractivity contribution in [3.8, 4) is 67.5 Å². The van der Waals surface area contributed by atoms with E-state index in [0.29, 0.717) is 17.5 Å². The van der Waals surface area contributed by atoms with E-state index in [0.717, 1.165) is 82.8 Å². The van der Waals surface area contributed by atoms with Gasteiger partial charge in [-0.1, -0.05) is 164 Å². The van der Waals surface area contributed by atoms with Gasteiger partial charge in [0.15, 0.2) is 17.5 Å². The molecular formula is C49H31N3O. The Morgan fingerprint density at radius 1 is 0.283 bits per heavy atom. The zero-order valence-corrected chi connectivity index (χ0v) is 28.6. The Kier molecular flexibility index (Phi) is 7.43. The third-order valence-electron chi connectivity index (χ3n) is 9.94. The van der Waals surface area contributed by atoms with Gasteiger partial charge in [0.2, 0.25) is 0 Å². The maximum atomic E-state index is 6.65. The standard InChI is InChI=1S/C49H31N3O/c1-4-13-32(14-5-1)35-23-25-36(26-24-35)47-50-48(39-20-12-19-37(29-39)33-15-6-2-7-16-33)52-49(51-47)44-31-43-41-28-27-38(34-17-8-3-9-18-34)30-45(41)53-46(43)42-22-11-10-21-40(42)44/h1-31H. The van der Waals surface area contributed by atoms with E-state index in [4.69, 9.17) is 19.4 Å². The van der Waals surface area contributed by atoms with Crippen LogP contribution < -0.4 is 0 Å². The van der Waals surface area contributed by atoms with Gasteiger partial charge in [-0.3, -0.25) is 0 Å². The second kappa shape index (κ2) is 12.9. The Morgan fingerprint density at radius 3 is 1.43 bits per heavy atom. The van der Waals surface area contributed by atoms with Crippen LogP contribution >= 0.6 is 0 Å². The lowest BCUT2D eigenvalue weighted by molar-refractivity contribution is 0.673. The predicted molar refractivity (Wildman–Crippen MR) is 217 cm³/mol. The average Bonchev–Trinajstić information content (AvgIpc) is 3.62. The molecule has 0 amide bonds. The minimum Gasteiger partial charge on any atom is -0.455 e. The Balaban J connectivity index is 1.18. The van der Waals surface area contributed by atoms with Crippen LogP contribution in [0.5, 0.6) is 0 Å². The van der Waals surface area contributed by atoms with Gasteiger partial charge >= 0.3 is 0 Å². The van der Waals surface area contributed by atoms with Gasteiger partial charge in [-0.15, -0.1) is 0 Å². The average molecular weight is 678 g/mol. The fraction of sp³-hybridized carbons (Fsp3) is 0.